The number of likely N-dealkylation sites (tertiary alicyclic amines) is 1. The van der Waals surface area contributed by atoms with Gasteiger partial charge < -0.3 is 29.4 Å². The molecule has 1 unspecified atom stereocenters. The van der Waals surface area contributed by atoms with Gasteiger partial charge in [0, 0.05) is 37.3 Å². The van der Waals surface area contributed by atoms with E-state index >= 15 is 0 Å². The molecule has 35 heavy (non-hydrogen) atoms. The molecule has 9 nitrogen and oxygen atoms in total. The van der Waals surface area contributed by atoms with E-state index in [-0.39, 0.29) is 12.5 Å². The van der Waals surface area contributed by atoms with Crippen LogP contribution in [0.5, 0.6) is 11.7 Å². The number of amides is 1. The highest BCUT2D eigenvalue weighted by Gasteiger charge is 2.34. The maximum atomic E-state index is 11.6. The van der Waals surface area contributed by atoms with Crippen molar-refractivity contribution in [2.24, 2.45) is 0 Å². The molecule has 1 fully saturated rings. The molecule has 0 spiro atoms. The summed E-state index contributed by atoms with van der Waals surface area (Å²) in [5.41, 5.74) is 3.34. The zero-order valence-electron chi connectivity index (χ0n) is 20.0. The monoisotopic (exact) mass is 477 g/mol. The zero-order chi connectivity index (χ0) is 23.8. The minimum atomic E-state index is -0.164. The van der Waals surface area contributed by atoms with E-state index < -0.39 is 0 Å². The number of furan rings is 1. The number of carbonyl (C=O) groups excluding carboxylic acids is 1. The second kappa shape index (κ2) is 9.39. The number of nitrogens with zero attached hydrogens (tertiary/aromatic N) is 3. The first-order chi connectivity index (χ1) is 17.2. The number of hydrogen-bond acceptors (Lipinski definition) is 8. The lowest BCUT2D eigenvalue weighted by Crippen LogP contribution is -2.50. The van der Waals surface area contributed by atoms with Crippen molar-refractivity contribution >= 4 is 23.7 Å². The second-order valence-corrected chi connectivity index (χ2v) is 9.54. The topological polar surface area (TPSA) is 92.1 Å². The van der Waals surface area contributed by atoms with E-state index in [0.29, 0.717) is 36.1 Å². The lowest BCUT2D eigenvalue weighted by molar-refractivity contribution is -0.118. The van der Waals surface area contributed by atoms with Crippen molar-refractivity contribution in [1.82, 2.24) is 15.2 Å². The van der Waals surface area contributed by atoms with Gasteiger partial charge in [0.05, 0.1) is 25.5 Å². The molecule has 0 saturated carbocycles. The number of carbonyl (C=O) groups is 1. The van der Waals surface area contributed by atoms with Crippen molar-refractivity contribution in [3.8, 4) is 11.7 Å². The van der Waals surface area contributed by atoms with E-state index in [2.05, 4.69) is 43.6 Å². The van der Waals surface area contributed by atoms with Gasteiger partial charge in [0.15, 0.2) is 18.2 Å². The number of hydrogen-bond donors (Lipinski definition) is 2. The third kappa shape index (κ3) is 4.53. The highest BCUT2D eigenvalue weighted by Crippen LogP contribution is 2.41. The van der Waals surface area contributed by atoms with Gasteiger partial charge in [-0.25, -0.2) is 4.98 Å². The number of methoxy groups -OCH3 is 1. The standard InChI is InChI=1S/C26H31N5O4/c1-33-24-13-18-12-17-4-2-3-5-21(17)31(26(18)35-24)16-30-10-8-19(9-11-30)27-14-20-6-7-22-25(28-20)29-23(32)15-34-22/h2,4,6-7,12-13,19,21,27H,3,5,8-11,14-16H2,1H3,(H,28,29,32). The molecule has 5 heterocycles. The van der Waals surface area contributed by atoms with Crippen LogP contribution in [0.25, 0.3) is 6.08 Å². The second-order valence-electron chi connectivity index (χ2n) is 9.54. The zero-order valence-corrected chi connectivity index (χ0v) is 20.0. The van der Waals surface area contributed by atoms with Gasteiger partial charge >= 0.3 is 0 Å². The molecule has 2 N–H and O–H groups in total. The molecule has 9 heteroatoms. The summed E-state index contributed by atoms with van der Waals surface area (Å²) in [5, 5.41) is 6.42. The summed E-state index contributed by atoms with van der Waals surface area (Å²) in [5.74, 6) is 2.45. The third-order valence-electron chi connectivity index (χ3n) is 7.22. The first kappa shape index (κ1) is 22.2. The Morgan fingerprint density at radius 3 is 3.00 bits per heavy atom. The van der Waals surface area contributed by atoms with Gasteiger partial charge in [0.25, 0.3) is 11.9 Å². The molecule has 1 atom stereocenters. The molecule has 2 aromatic heterocycles. The Hall–Kier alpha value is -3.30. The van der Waals surface area contributed by atoms with E-state index in [9.17, 15) is 4.79 Å². The summed E-state index contributed by atoms with van der Waals surface area (Å²) in [7, 11) is 1.65. The number of anilines is 2. The molecule has 1 aliphatic carbocycles. The summed E-state index contributed by atoms with van der Waals surface area (Å²) in [6.45, 7) is 3.59. The number of rotatable bonds is 6. The van der Waals surface area contributed by atoms with Crippen LogP contribution in [-0.2, 0) is 11.3 Å². The van der Waals surface area contributed by atoms with Crippen LogP contribution in [0.15, 0.2) is 40.3 Å². The van der Waals surface area contributed by atoms with Gasteiger partial charge in [-0.05, 0) is 49.5 Å². The van der Waals surface area contributed by atoms with Crippen LogP contribution >= 0.6 is 0 Å². The normalized spacial score (nSPS) is 22.0. The Kier molecular flexibility index (Phi) is 5.95. The van der Waals surface area contributed by atoms with Gasteiger partial charge in [0.2, 0.25) is 5.88 Å². The van der Waals surface area contributed by atoms with Crippen molar-refractivity contribution in [2.45, 2.75) is 44.3 Å². The molecule has 1 saturated heterocycles. The van der Waals surface area contributed by atoms with E-state index in [0.717, 1.165) is 62.6 Å². The molecule has 6 rings (SSSR count). The summed E-state index contributed by atoms with van der Waals surface area (Å²) in [4.78, 5) is 21.0. The summed E-state index contributed by atoms with van der Waals surface area (Å²) in [6.07, 6.45) is 11.1. The van der Waals surface area contributed by atoms with Crippen molar-refractivity contribution in [1.29, 1.82) is 0 Å². The van der Waals surface area contributed by atoms with E-state index in [4.69, 9.17) is 13.9 Å². The molecule has 1 amide bonds. The Morgan fingerprint density at radius 2 is 2.14 bits per heavy atom. The van der Waals surface area contributed by atoms with E-state index in [1.807, 2.05) is 18.2 Å². The van der Waals surface area contributed by atoms with Crippen LogP contribution in [-0.4, -0.2) is 61.3 Å². The van der Waals surface area contributed by atoms with Gasteiger partial charge in [0.1, 0.15) is 0 Å². The van der Waals surface area contributed by atoms with Crippen LogP contribution in [0.2, 0.25) is 0 Å². The molecule has 3 aliphatic heterocycles. The van der Waals surface area contributed by atoms with Crippen LogP contribution in [0.1, 0.15) is 36.9 Å². The lowest BCUT2D eigenvalue weighted by atomic mass is 9.90. The first-order valence-corrected chi connectivity index (χ1v) is 12.4. The largest absolute Gasteiger partial charge is 0.480 e. The third-order valence-corrected chi connectivity index (χ3v) is 7.22. The quantitative estimate of drug-likeness (QED) is 0.656. The lowest BCUT2D eigenvalue weighted by Gasteiger charge is -2.42. The number of aromatic nitrogens is 1. The summed E-state index contributed by atoms with van der Waals surface area (Å²) < 4.78 is 16.8. The fourth-order valence-electron chi connectivity index (χ4n) is 5.36. The smallest absolute Gasteiger partial charge is 0.286 e. The highest BCUT2D eigenvalue weighted by molar-refractivity contribution is 5.94. The minimum absolute atomic E-state index is 0.0477. The van der Waals surface area contributed by atoms with E-state index in [1.54, 1.807) is 7.11 Å². The summed E-state index contributed by atoms with van der Waals surface area (Å²) in [6, 6.07) is 6.59. The maximum Gasteiger partial charge on any atom is 0.286 e. The predicted octanol–water partition coefficient (Wildman–Crippen LogP) is 3.15. The molecule has 0 aromatic carbocycles. The molecule has 4 aliphatic rings. The first-order valence-electron chi connectivity index (χ1n) is 12.4. The van der Waals surface area contributed by atoms with Crippen LogP contribution < -0.4 is 25.0 Å². The minimum Gasteiger partial charge on any atom is -0.480 e. The van der Waals surface area contributed by atoms with E-state index in [1.165, 1.54) is 5.57 Å². The van der Waals surface area contributed by atoms with Crippen molar-refractivity contribution < 1.29 is 18.7 Å². The Bertz CT molecular complexity index is 1160. The number of piperidine rings is 1. The van der Waals surface area contributed by atoms with Gasteiger partial charge in [-0.3, -0.25) is 9.69 Å². The SMILES string of the molecule is COc1cc2c(o1)N(CN1CCC(NCc3ccc4c(n3)NC(=O)CO4)CC1)C1CCC=CC1=C2. The molecular formula is C26H31N5O4. The molecule has 0 radical (unpaired) electrons. The number of pyridine rings is 1. The highest BCUT2D eigenvalue weighted by atomic mass is 16.6. The number of fused-ring (bicyclic) bond motifs is 3. The average Bonchev–Trinajstić information content (AvgIpc) is 3.31. The van der Waals surface area contributed by atoms with Gasteiger partial charge in [-0.1, -0.05) is 12.2 Å². The number of nitrogens with one attached hydrogen (secondary N) is 2. The van der Waals surface area contributed by atoms with Crippen LogP contribution in [0, 0.1) is 0 Å². The fraction of sp³-hybridized carbons (Fsp3) is 0.462. The maximum absolute atomic E-state index is 11.6. The Morgan fingerprint density at radius 1 is 1.26 bits per heavy atom. The number of ether oxygens (including phenoxy) is 2. The molecular weight excluding hydrogens is 446 g/mol. The fourth-order valence-corrected chi connectivity index (χ4v) is 5.36. The number of allylic oxidation sites excluding steroid dienone is 1. The predicted molar refractivity (Wildman–Crippen MR) is 133 cm³/mol. The van der Waals surface area contributed by atoms with Crippen molar-refractivity contribution in [2.75, 3.05) is 43.7 Å². The Labute approximate surface area is 204 Å². The molecule has 2 aromatic rings. The molecule has 0 bridgehead atoms. The van der Waals surface area contributed by atoms with Crippen LogP contribution in [0.3, 0.4) is 0 Å². The Balaban J connectivity index is 1.06. The van der Waals surface area contributed by atoms with Crippen molar-refractivity contribution in [3.05, 3.63) is 47.2 Å². The van der Waals surface area contributed by atoms with Gasteiger partial charge in [-0.2, -0.15) is 0 Å². The molecule has 184 valence electrons. The van der Waals surface area contributed by atoms with Crippen molar-refractivity contribution in [3.63, 3.8) is 0 Å². The van der Waals surface area contributed by atoms with Gasteiger partial charge in [-0.15, -0.1) is 0 Å². The van der Waals surface area contributed by atoms with Crippen LogP contribution in [0.4, 0.5) is 11.7 Å². The summed E-state index contributed by atoms with van der Waals surface area (Å²) >= 11 is 0. The average molecular weight is 478 g/mol.